The summed E-state index contributed by atoms with van der Waals surface area (Å²) in [6.45, 7) is 5.97. The van der Waals surface area contributed by atoms with E-state index in [4.69, 9.17) is 16.6 Å². The number of nitrogens with zero attached hydrogens (tertiary/aromatic N) is 4. The minimum Gasteiger partial charge on any atom is -0.357 e. The largest absolute Gasteiger partial charge is 0.357 e. The number of hydrogen-bond donors (Lipinski definition) is 2. The maximum Gasteiger partial charge on any atom is 0.191 e. The van der Waals surface area contributed by atoms with Crippen molar-refractivity contribution in [3.05, 3.63) is 47.2 Å². The highest BCUT2D eigenvalue weighted by Gasteiger charge is 2.31. The van der Waals surface area contributed by atoms with Gasteiger partial charge in [-0.25, -0.2) is 9.67 Å². The Morgan fingerprint density at radius 2 is 1.90 bits per heavy atom. The van der Waals surface area contributed by atoms with Crippen LogP contribution in [0.15, 0.2) is 41.7 Å². The third-order valence-corrected chi connectivity index (χ3v) is 5.68. The molecule has 2 aliphatic rings. The number of likely N-dealkylation sites (tertiary alicyclic amines) is 1. The summed E-state index contributed by atoms with van der Waals surface area (Å²) in [5.74, 6) is 0.895. The third-order valence-electron chi connectivity index (χ3n) is 5.42. The number of guanidine groups is 1. The highest BCUT2D eigenvalue weighted by atomic mass is 127. The van der Waals surface area contributed by atoms with Crippen molar-refractivity contribution in [1.29, 1.82) is 0 Å². The topological polar surface area (TPSA) is 57.5 Å². The fourth-order valence-electron chi connectivity index (χ4n) is 3.71. The molecule has 29 heavy (non-hydrogen) atoms. The van der Waals surface area contributed by atoms with Gasteiger partial charge in [-0.1, -0.05) is 11.6 Å². The summed E-state index contributed by atoms with van der Waals surface area (Å²) in [6, 6.07) is 9.05. The Hall–Kier alpha value is -1.32. The van der Waals surface area contributed by atoms with Crippen molar-refractivity contribution in [1.82, 2.24) is 25.3 Å². The molecule has 4 rings (SSSR count). The first-order chi connectivity index (χ1) is 13.7. The standard InChI is InChI=1S/C21H29ClN6.HI/c1-2-23-21(26-18-9-11-27(12-10-18)19-7-8-19)24-13-16-14-25-28(15-16)20-5-3-17(22)4-6-20;/h3-6,14-15,18-19H,2,7-13H2,1H3,(H2,23,24,26);1H. The summed E-state index contributed by atoms with van der Waals surface area (Å²) in [7, 11) is 0. The molecule has 0 radical (unpaired) electrons. The van der Waals surface area contributed by atoms with E-state index in [1.807, 2.05) is 41.3 Å². The lowest BCUT2D eigenvalue weighted by atomic mass is 10.1. The first-order valence-corrected chi connectivity index (χ1v) is 10.7. The molecule has 1 aliphatic heterocycles. The van der Waals surface area contributed by atoms with Crippen LogP contribution in [0, 0.1) is 0 Å². The van der Waals surface area contributed by atoms with E-state index in [9.17, 15) is 0 Å². The second kappa shape index (κ2) is 10.6. The molecule has 2 heterocycles. The lowest BCUT2D eigenvalue weighted by Gasteiger charge is -2.33. The normalized spacial score (nSPS) is 18.3. The Morgan fingerprint density at radius 3 is 2.55 bits per heavy atom. The van der Waals surface area contributed by atoms with Gasteiger partial charge in [0.05, 0.1) is 18.4 Å². The van der Waals surface area contributed by atoms with Crippen molar-refractivity contribution in [3.8, 4) is 5.69 Å². The zero-order valence-electron chi connectivity index (χ0n) is 16.9. The molecule has 1 aliphatic carbocycles. The summed E-state index contributed by atoms with van der Waals surface area (Å²) in [5.41, 5.74) is 2.07. The van der Waals surface area contributed by atoms with E-state index >= 15 is 0 Å². The highest BCUT2D eigenvalue weighted by Crippen LogP contribution is 2.29. The average Bonchev–Trinajstić information content (AvgIpc) is 3.45. The van der Waals surface area contributed by atoms with Crippen LogP contribution in [-0.2, 0) is 6.54 Å². The third kappa shape index (κ3) is 6.33. The molecule has 8 heteroatoms. The summed E-state index contributed by atoms with van der Waals surface area (Å²) in [4.78, 5) is 7.42. The minimum absolute atomic E-state index is 0. The van der Waals surface area contributed by atoms with Crippen LogP contribution >= 0.6 is 35.6 Å². The zero-order chi connectivity index (χ0) is 19.3. The summed E-state index contributed by atoms with van der Waals surface area (Å²) < 4.78 is 1.86. The van der Waals surface area contributed by atoms with Gasteiger partial charge < -0.3 is 15.5 Å². The molecule has 0 amide bonds. The first-order valence-electron chi connectivity index (χ1n) is 10.3. The average molecular weight is 529 g/mol. The molecule has 2 aromatic rings. The van der Waals surface area contributed by atoms with Crippen LogP contribution in [0.5, 0.6) is 0 Å². The maximum atomic E-state index is 5.96. The van der Waals surface area contributed by atoms with E-state index in [1.54, 1.807) is 0 Å². The van der Waals surface area contributed by atoms with Gasteiger partial charge in [0.25, 0.3) is 0 Å². The van der Waals surface area contributed by atoms with Crippen molar-refractivity contribution in [2.75, 3.05) is 19.6 Å². The number of nitrogens with one attached hydrogen (secondary N) is 2. The van der Waals surface area contributed by atoms with E-state index < -0.39 is 0 Å². The molecule has 0 spiro atoms. The first kappa shape index (κ1) is 22.4. The molecule has 1 aromatic carbocycles. The monoisotopic (exact) mass is 528 g/mol. The lowest BCUT2D eigenvalue weighted by molar-refractivity contribution is 0.197. The van der Waals surface area contributed by atoms with Gasteiger partial charge in [-0.3, -0.25) is 0 Å². The predicted octanol–water partition coefficient (Wildman–Crippen LogP) is 3.83. The number of benzene rings is 1. The predicted molar refractivity (Wildman–Crippen MR) is 130 cm³/mol. The number of halogens is 2. The number of piperidine rings is 1. The van der Waals surface area contributed by atoms with Crippen molar-refractivity contribution in [2.24, 2.45) is 4.99 Å². The van der Waals surface area contributed by atoms with Crippen LogP contribution < -0.4 is 10.6 Å². The SMILES string of the molecule is CCNC(=NCc1cnn(-c2ccc(Cl)cc2)c1)NC1CCN(C2CC2)CC1.I. The molecule has 0 bridgehead atoms. The van der Waals surface area contributed by atoms with Crippen LogP contribution in [0.25, 0.3) is 5.69 Å². The molecule has 1 aromatic heterocycles. The van der Waals surface area contributed by atoms with Gasteiger partial charge in [-0.2, -0.15) is 5.10 Å². The smallest absolute Gasteiger partial charge is 0.191 e. The summed E-state index contributed by atoms with van der Waals surface area (Å²) in [5, 5.41) is 12.2. The number of hydrogen-bond acceptors (Lipinski definition) is 3. The molecule has 0 unspecified atom stereocenters. The molecule has 2 fully saturated rings. The Morgan fingerprint density at radius 1 is 1.17 bits per heavy atom. The quantitative estimate of drug-likeness (QED) is 0.340. The van der Waals surface area contributed by atoms with Crippen LogP contribution in [0.4, 0.5) is 0 Å². The number of aliphatic imine (C=N–C) groups is 1. The van der Waals surface area contributed by atoms with E-state index in [1.165, 1.54) is 38.8 Å². The van der Waals surface area contributed by atoms with Crippen LogP contribution in [-0.4, -0.2) is 52.4 Å². The molecule has 0 atom stereocenters. The van der Waals surface area contributed by atoms with Gasteiger partial charge in [0.1, 0.15) is 0 Å². The summed E-state index contributed by atoms with van der Waals surface area (Å²) >= 11 is 5.96. The maximum absolute atomic E-state index is 5.96. The molecule has 158 valence electrons. The van der Waals surface area contributed by atoms with Crippen LogP contribution in [0.2, 0.25) is 5.02 Å². The molecule has 1 saturated carbocycles. The van der Waals surface area contributed by atoms with E-state index in [0.29, 0.717) is 12.6 Å². The highest BCUT2D eigenvalue weighted by molar-refractivity contribution is 14.0. The minimum atomic E-state index is 0. The second-order valence-corrected chi connectivity index (χ2v) is 8.09. The van der Waals surface area contributed by atoms with E-state index in [2.05, 4.69) is 27.6 Å². The van der Waals surface area contributed by atoms with E-state index in [-0.39, 0.29) is 24.0 Å². The van der Waals surface area contributed by atoms with Crippen LogP contribution in [0.1, 0.15) is 38.2 Å². The van der Waals surface area contributed by atoms with Gasteiger partial charge in [-0.05, 0) is 56.9 Å². The molecule has 6 nitrogen and oxygen atoms in total. The fraction of sp³-hybridized carbons (Fsp3) is 0.524. The number of rotatable bonds is 6. The van der Waals surface area contributed by atoms with E-state index in [0.717, 1.165) is 34.8 Å². The fourth-order valence-corrected chi connectivity index (χ4v) is 3.84. The Kier molecular flexibility index (Phi) is 8.20. The molecule has 2 N–H and O–H groups in total. The van der Waals surface area contributed by atoms with Gasteiger partial charge in [-0.15, -0.1) is 24.0 Å². The Bertz CT molecular complexity index is 794. The van der Waals surface area contributed by atoms with Crippen molar-refractivity contribution in [3.63, 3.8) is 0 Å². The molecular formula is C21H30ClIN6. The van der Waals surface area contributed by atoms with Crippen molar-refractivity contribution in [2.45, 2.75) is 51.2 Å². The van der Waals surface area contributed by atoms with Crippen molar-refractivity contribution >= 4 is 41.5 Å². The summed E-state index contributed by atoms with van der Waals surface area (Å²) in [6.07, 6.45) is 9.06. The van der Waals surface area contributed by atoms with Crippen LogP contribution in [0.3, 0.4) is 0 Å². The Balaban J connectivity index is 0.00000240. The zero-order valence-corrected chi connectivity index (χ0v) is 19.9. The molecular weight excluding hydrogens is 499 g/mol. The van der Waals surface area contributed by atoms with Crippen molar-refractivity contribution < 1.29 is 0 Å². The molecule has 1 saturated heterocycles. The number of aromatic nitrogens is 2. The van der Waals surface area contributed by atoms with Gasteiger partial charge >= 0.3 is 0 Å². The lowest BCUT2D eigenvalue weighted by Crippen LogP contribution is -2.49. The van der Waals surface area contributed by atoms with Gasteiger partial charge in [0.15, 0.2) is 5.96 Å². The van der Waals surface area contributed by atoms with Gasteiger partial charge in [0, 0.05) is 48.5 Å². The Labute approximate surface area is 195 Å². The second-order valence-electron chi connectivity index (χ2n) is 7.65. The van der Waals surface area contributed by atoms with Gasteiger partial charge in [0.2, 0.25) is 0 Å².